The average Bonchev–Trinajstić information content (AvgIpc) is 0.692. The first-order valence-electron chi connectivity index (χ1n) is 38.1. The summed E-state index contributed by atoms with van der Waals surface area (Å²) < 4.78 is 0. The molecule has 2 aliphatic heterocycles. The van der Waals surface area contributed by atoms with Gasteiger partial charge in [0.2, 0.25) is 0 Å². The number of aromatic nitrogens is 2. The van der Waals surface area contributed by atoms with Gasteiger partial charge in [-0.05, 0) is 231 Å². The summed E-state index contributed by atoms with van der Waals surface area (Å²) in [7, 11) is 0. The molecule has 0 amide bonds. The predicted octanol–water partition coefficient (Wildman–Crippen LogP) is 26.2. The van der Waals surface area contributed by atoms with Crippen LogP contribution in [0.15, 0.2) is 431 Å². The Morgan fingerprint density at radius 1 is 0.162 bits per heavy atom. The number of anilines is 6. The fourth-order valence-electron chi connectivity index (χ4n) is 16.6. The Morgan fingerprint density at radius 3 is 0.658 bits per heavy atom. The lowest BCUT2D eigenvalue weighted by Crippen LogP contribution is -2.61. The van der Waals surface area contributed by atoms with Gasteiger partial charge in [0.15, 0.2) is 5.82 Å². The number of benzene rings is 17. The van der Waals surface area contributed by atoms with Crippen LogP contribution >= 0.6 is 0 Å². The van der Waals surface area contributed by atoms with E-state index < -0.39 is 0 Å². The molecule has 18 aromatic rings. The SMILES string of the molecule is c1ccc(-c2cc(-c3ccccc3)cc(-c3cc(-c4cc5c6c(c4)N(c4cc(-c7ccccc7)cc(-c7ccccc7)c4)c4ccc(-c7ccccc7)cc4B6c4cc(-c6ccccc6)ccc4N5c4cc(-c5ccccc5)cc(-c5ccccc5)c4)nc(-c4cc(-c5ccccc5)cc(-c5ccccc5)c4)n3)c2)cc1. The first kappa shape index (κ1) is 66.0. The number of hydrogen-bond acceptors (Lipinski definition) is 4. The van der Waals surface area contributed by atoms with Gasteiger partial charge in [0.1, 0.15) is 0 Å². The molecule has 3 heterocycles. The van der Waals surface area contributed by atoms with Gasteiger partial charge in [0.25, 0.3) is 6.71 Å². The van der Waals surface area contributed by atoms with Crippen LogP contribution < -0.4 is 26.2 Å². The van der Waals surface area contributed by atoms with E-state index in [2.05, 4.69) is 441 Å². The summed E-state index contributed by atoms with van der Waals surface area (Å²) in [6.07, 6.45) is 0. The maximum atomic E-state index is 6.03. The van der Waals surface area contributed by atoms with Crippen molar-refractivity contribution in [2.24, 2.45) is 0 Å². The number of rotatable bonds is 15. The molecule has 2 aliphatic rings. The molecule has 518 valence electrons. The van der Waals surface area contributed by atoms with Crippen molar-refractivity contribution in [1.29, 1.82) is 0 Å². The molecule has 0 aliphatic carbocycles. The van der Waals surface area contributed by atoms with Crippen LogP contribution in [-0.2, 0) is 0 Å². The molecule has 0 bridgehead atoms. The molecule has 0 radical (unpaired) electrons. The molecule has 0 N–H and O–H groups in total. The van der Waals surface area contributed by atoms with Gasteiger partial charge in [-0.2, -0.15) is 0 Å². The van der Waals surface area contributed by atoms with Crippen molar-refractivity contribution in [2.45, 2.75) is 0 Å². The minimum atomic E-state index is -0.281. The smallest absolute Gasteiger partial charge is 0.252 e. The lowest BCUT2D eigenvalue weighted by Gasteiger charge is -2.45. The van der Waals surface area contributed by atoms with Crippen LogP contribution in [0.4, 0.5) is 34.1 Å². The molecule has 0 atom stereocenters. The molecular weight excluding hydrogens is 1340 g/mol. The highest BCUT2D eigenvalue weighted by molar-refractivity contribution is 7.00. The van der Waals surface area contributed by atoms with E-state index in [1.165, 1.54) is 16.4 Å². The van der Waals surface area contributed by atoms with E-state index in [1.54, 1.807) is 0 Å². The third-order valence-corrected chi connectivity index (χ3v) is 21.9. The van der Waals surface area contributed by atoms with E-state index in [-0.39, 0.29) is 6.71 Å². The van der Waals surface area contributed by atoms with Gasteiger partial charge in [0, 0.05) is 50.8 Å². The van der Waals surface area contributed by atoms with Gasteiger partial charge in [-0.3, -0.25) is 0 Å². The first-order valence-corrected chi connectivity index (χ1v) is 38.1. The second-order valence-electron chi connectivity index (χ2n) is 28.8. The Hall–Kier alpha value is -14.5. The molecule has 1 aromatic heterocycles. The van der Waals surface area contributed by atoms with Crippen LogP contribution in [0.1, 0.15) is 0 Å². The molecule has 0 saturated heterocycles. The number of nitrogens with zero attached hydrogens (tertiary/aromatic N) is 4. The molecule has 20 rings (SSSR count). The standard InChI is InChI=1S/C106H71BN4/c1-11-31-72(32-12-1)82-51-53-101-97(67-82)107-98-68-83(73-33-13-2-14-34-73)52-54-102(98)111(96-65-90(80-47-27-9-28-48-80)58-91(66-96)81-49-29-10-30-50-81)104-70-93(69-103(105(104)107)110(101)95-63-88(78-43-23-7-24-44-78)57-89(64-95)79-45-25-8-26-46-79)100-71-99(92-59-84(74-35-15-3-16-36-74)55-85(60-92)75-37-17-4-18-38-75)108-106(109-100)94-61-86(76-39-19-5-20-40-76)56-87(62-94)77-41-21-6-22-42-77/h1-71H. The van der Waals surface area contributed by atoms with Crippen LogP contribution in [0, 0.1) is 0 Å². The Labute approximate surface area is 648 Å². The molecule has 5 heteroatoms. The Bertz CT molecular complexity index is 5850. The summed E-state index contributed by atoms with van der Waals surface area (Å²) >= 11 is 0. The molecule has 0 saturated carbocycles. The van der Waals surface area contributed by atoms with Crippen molar-refractivity contribution in [3.05, 3.63) is 431 Å². The normalized spacial score (nSPS) is 11.9. The summed E-state index contributed by atoms with van der Waals surface area (Å²) in [5.74, 6) is 0.602. The van der Waals surface area contributed by atoms with Crippen LogP contribution in [0.2, 0.25) is 0 Å². The van der Waals surface area contributed by atoms with E-state index in [1.807, 2.05) is 0 Å². The van der Waals surface area contributed by atoms with Gasteiger partial charge in [-0.25, -0.2) is 9.97 Å². The fourth-order valence-corrected chi connectivity index (χ4v) is 16.6. The fraction of sp³-hybridized carbons (Fsp3) is 0. The molecule has 0 unspecified atom stereocenters. The third kappa shape index (κ3) is 12.8. The largest absolute Gasteiger partial charge is 0.311 e. The zero-order valence-corrected chi connectivity index (χ0v) is 60.9. The zero-order chi connectivity index (χ0) is 73.6. The van der Waals surface area contributed by atoms with E-state index in [9.17, 15) is 0 Å². The van der Waals surface area contributed by atoms with Gasteiger partial charge < -0.3 is 9.80 Å². The van der Waals surface area contributed by atoms with E-state index in [0.29, 0.717) is 5.82 Å². The first-order chi connectivity index (χ1) is 55.0. The van der Waals surface area contributed by atoms with Gasteiger partial charge in [0.05, 0.1) is 11.4 Å². The van der Waals surface area contributed by atoms with Crippen LogP contribution in [0.25, 0.3) is 145 Å². The van der Waals surface area contributed by atoms with E-state index in [4.69, 9.17) is 9.97 Å². The van der Waals surface area contributed by atoms with Crippen molar-refractivity contribution in [1.82, 2.24) is 9.97 Å². The molecule has 17 aromatic carbocycles. The second kappa shape index (κ2) is 28.7. The van der Waals surface area contributed by atoms with Gasteiger partial charge in [-0.15, -0.1) is 0 Å². The summed E-state index contributed by atoms with van der Waals surface area (Å²) in [4.78, 5) is 17.1. The maximum Gasteiger partial charge on any atom is 0.252 e. The van der Waals surface area contributed by atoms with Crippen molar-refractivity contribution in [2.75, 3.05) is 9.80 Å². The van der Waals surface area contributed by atoms with E-state index >= 15 is 0 Å². The van der Waals surface area contributed by atoms with Crippen LogP contribution in [-0.4, -0.2) is 16.7 Å². The lowest BCUT2D eigenvalue weighted by molar-refractivity contribution is 1.18. The average molecular weight is 1410 g/mol. The Kier molecular flexibility index (Phi) is 17.0. The molecule has 4 nitrogen and oxygen atoms in total. The van der Waals surface area contributed by atoms with Crippen molar-refractivity contribution < 1.29 is 0 Å². The highest BCUT2D eigenvalue weighted by Gasteiger charge is 2.45. The lowest BCUT2D eigenvalue weighted by atomic mass is 9.33. The molecule has 111 heavy (non-hydrogen) atoms. The summed E-state index contributed by atoms with van der Waals surface area (Å²) in [6, 6.07) is 158. The minimum absolute atomic E-state index is 0.281. The maximum absolute atomic E-state index is 6.03. The highest BCUT2D eigenvalue weighted by Crippen LogP contribution is 2.50. The Balaban J connectivity index is 0.929. The summed E-state index contributed by atoms with van der Waals surface area (Å²) in [5, 5.41) is 0. The van der Waals surface area contributed by atoms with Crippen LogP contribution in [0.3, 0.4) is 0 Å². The Morgan fingerprint density at radius 2 is 0.387 bits per heavy atom. The monoisotopic (exact) mass is 1410 g/mol. The second-order valence-corrected chi connectivity index (χ2v) is 28.8. The number of hydrogen-bond donors (Lipinski definition) is 0. The van der Waals surface area contributed by atoms with Crippen LogP contribution in [0.5, 0.6) is 0 Å². The predicted molar refractivity (Wildman–Crippen MR) is 467 cm³/mol. The molecule has 0 spiro atoms. The summed E-state index contributed by atoms with van der Waals surface area (Å²) in [6.45, 7) is -0.281. The van der Waals surface area contributed by atoms with Gasteiger partial charge in [-0.1, -0.05) is 328 Å². The molecule has 0 fully saturated rings. The minimum Gasteiger partial charge on any atom is -0.311 e. The topological polar surface area (TPSA) is 32.3 Å². The highest BCUT2D eigenvalue weighted by atomic mass is 15.2. The summed E-state index contributed by atoms with van der Waals surface area (Å²) in [5.41, 5.74) is 36.5. The zero-order valence-electron chi connectivity index (χ0n) is 60.9. The van der Waals surface area contributed by atoms with Crippen molar-refractivity contribution in [3.8, 4) is 145 Å². The van der Waals surface area contributed by atoms with Crippen molar-refractivity contribution >= 4 is 57.2 Å². The van der Waals surface area contributed by atoms with Gasteiger partial charge >= 0.3 is 0 Å². The van der Waals surface area contributed by atoms with E-state index in [0.717, 1.165) is 173 Å². The molecular formula is C106H71BN4. The number of fused-ring (bicyclic) bond motifs is 4. The quantitative estimate of drug-likeness (QED) is 0.0958. The third-order valence-electron chi connectivity index (χ3n) is 21.9. The van der Waals surface area contributed by atoms with Crippen molar-refractivity contribution in [3.63, 3.8) is 0 Å².